The summed E-state index contributed by atoms with van der Waals surface area (Å²) in [4.78, 5) is 31.1. The molecule has 1 fully saturated rings. The number of carbonyl (C=O) groups is 2. The second-order valence-electron chi connectivity index (χ2n) is 9.33. The average Bonchev–Trinajstić information content (AvgIpc) is 3.31. The molecule has 2 N–H and O–H groups in total. The fraction of sp³-hybridized carbons (Fsp3) is 0.321. The molecule has 2 aromatic carbocycles. The van der Waals surface area contributed by atoms with E-state index in [1.807, 2.05) is 14.0 Å². The molecule has 1 saturated heterocycles. The van der Waals surface area contributed by atoms with Crippen LogP contribution in [0.15, 0.2) is 54.7 Å². The first-order valence-corrected chi connectivity index (χ1v) is 12.2. The number of nitrogens with zero attached hydrogens (tertiary/aromatic N) is 2. The Morgan fingerprint density at radius 1 is 1.11 bits per heavy atom. The van der Waals surface area contributed by atoms with Gasteiger partial charge in [-0.3, -0.25) is 14.6 Å². The van der Waals surface area contributed by atoms with Crippen molar-refractivity contribution in [2.24, 2.45) is 0 Å². The minimum Gasteiger partial charge on any atom is -0.492 e. The van der Waals surface area contributed by atoms with E-state index in [4.69, 9.17) is 4.74 Å². The van der Waals surface area contributed by atoms with Crippen molar-refractivity contribution in [2.75, 3.05) is 32.6 Å². The van der Waals surface area contributed by atoms with E-state index < -0.39 is 17.6 Å². The summed E-state index contributed by atoms with van der Waals surface area (Å²) in [5, 5.41) is 5.08. The van der Waals surface area contributed by atoms with E-state index in [1.165, 1.54) is 19.3 Å². The van der Waals surface area contributed by atoms with Gasteiger partial charge in [-0.2, -0.15) is 13.2 Å². The lowest BCUT2D eigenvalue weighted by atomic mass is 9.98. The topological polar surface area (TPSA) is 83.6 Å². The Kier molecular flexibility index (Phi) is 8.01. The maximum atomic E-state index is 13.6. The molecule has 0 spiro atoms. The summed E-state index contributed by atoms with van der Waals surface area (Å²) in [6.45, 7) is 3.05. The summed E-state index contributed by atoms with van der Waals surface area (Å²) in [6.07, 6.45) is -1.14. The summed E-state index contributed by atoms with van der Waals surface area (Å²) >= 11 is 0. The maximum absolute atomic E-state index is 13.6. The highest BCUT2D eigenvalue weighted by Gasteiger charge is 2.32. The van der Waals surface area contributed by atoms with Crippen molar-refractivity contribution in [1.82, 2.24) is 15.2 Å². The Balaban J connectivity index is 1.56. The summed E-state index contributed by atoms with van der Waals surface area (Å²) in [7, 11) is 3.47. The lowest BCUT2D eigenvalue weighted by Gasteiger charge is -2.20. The second kappa shape index (κ2) is 11.2. The molecule has 1 atom stereocenters. The number of anilines is 1. The number of rotatable bonds is 7. The van der Waals surface area contributed by atoms with Crippen LogP contribution in [0.2, 0.25) is 0 Å². The van der Waals surface area contributed by atoms with Crippen LogP contribution in [0.25, 0.3) is 11.1 Å². The highest BCUT2D eigenvalue weighted by molar-refractivity contribution is 6.05. The van der Waals surface area contributed by atoms with Crippen LogP contribution < -0.4 is 15.4 Å². The van der Waals surface area contributed by atoms with E-state index in [9.17, 15) is 22.8 Å². The van der Waals surface area contributed by atoms with Crippen LogP contribution in [-0.2, 0) is 6.18 Å². The van der Waals surface area contributed by atoms with Crippen molar-refractivity contribution in [2.45, 2.75) is 32.0 Å². The molecule has 38 heavy (non-hydrogen) atoms. The number of ether oxygens (including phenoxy) is 1. The van der Waals surface area contributed by atoms with Gasteiger partial charge in [0.2, 0.25) is 0 Å². The predicted octanol–water partition coefficient (Wildman–Crippen LogP) is 5.16. The molecule has 2 amide bonds. The fourth-order valence-corrected chi connectivity index (χ4v) is 4.39. The zero-order valence-corrected chi connectivity index (χ0v) is 21.4. The Hall–Kier alpha value is -3.92. The van der Waals surface area contributed by atoms with Crippen LogP contribution in [-0.4, -0.2) is 55.0 Å². The van der Waals surface area contributed by atoms with Crippen LogP contribution >= 0.6 is 0 Å². The van der Waals surface area contributed by atoms with E-state index in [-0.39, 0.29) is 41.3 Å². The molecule has 4 rings (SSSR count). The number of likely N-dealkylation sites (tertiary alicyclic amines) is 1. The average molecular weight is 527 g/mol. The van der Waals surface area contributed by atoms with Gasteiger partial charge in [-0.25, -0.2) is 0 Å². The third-order valence-electron chi connectivity index (χ3n) is 6.64. The van der Waals surface area contributed by atoms with Gasteiger partial charge in [-0.15, -0.1) is 0 Å². The van der Waals surface area contributed by atoms with Crippen LogP contribution in [0.1, 0.15) is 44.8 Å². The number of aromatic nitrogens is 1. The number of carbonyl (C=O) groups excluding carboxylic acids is 2. The molecule has 0 saturated carbocycles. The number of likely N-dealkylation sites (N-methyl/N-ethyl adjacent to an activating group) is 1. The van der Waals surface area contributed by atoms with Gasteiger partial charge in [0, 0.05) is 42.2 Å². The van der Waals surface area contributed by atoms with Crippen LogP contribution in [0.4, 0.5) is 18.9 Å². The largest absolute Gasteiger partial charge is 0.492 e. The Morgan fingerprint density at radius 3 is 2.53 bits per heavy atom. The van der Waals surface area contributed by atoms with Gasteiger partial charge >= 0.3 is 6.18 Å². The molecule has 1 aliphatic heterocycles. The third-order valence-corrected chi connectivity index (χ3v) is 6.64. The maximum Gasteiger partial charge on any atom is 0.416 e. The number of aryl methyl sites for hydroxylation is 1. The van der Waals surface area contributed by atoms with E-state index in [0.717, 1.165) is 37.1 Å². The predicted molar refractivity (Wildman–Crippen MR) is 138 cm³/mol. The highest BCUT2D eigenvalue weighted by Crippen LogP contribution is 2.35. The molecule has 3 aromatic rings. The summed E-state index contributed by atoms with van der Waals surface area (Å²) in [5.74, 6) is -0.842. The first-order chi connectivity index (χ1) is 18.0. The molecule has 2 heterocycles. The van der Waals surface area contributed by atoms with Gasteiger partial charge in [0.05, 0.1) is 5.56 Å². The van der Waals surface area contributed by atoms with Crippen LogP contribution in [0.5, 0.6) is 5.75 Å². The number of hydrogen-bond donors (Lipinski definition) is 2. The van der Waals surface area contributed by atoms with Crippen molar-refractivity contribution >= 4 is 17.5 Å². The van der Waals surface area contributed by atoms with Crippen LogP contribution in [0.3, 0.4) is 0 Å². The normalized spacial score (nSPS) is 15.8. The summed E-state index contributed by atoms with van der Waals surface area (Å²) in [5.41, 5.74) is 1.86. The molecular formula is C28H29F3N4O3. The Morgan fingerprint density at radius 2 is 1.89 bits per heavy atom. The number of amides is 2. The number of halogens is 3. The van der Waals surface area contributed by atoms with Gasteiger partial charge in [0.1, 0.15) is 18.1 Å². The molecule has 1 aromatic heterocycles. The number of benzene rings is 2. The molecule has 0 radical (unpaired) electrons. The number of pyridine rings is 1. The first-order valence-electron chi connectivity index (χ1n) is 12.2. The zero-order valence-electron chi connectivity index (χ0n) is 21.4. The van der Waals surface area contributed by atoms with Gasteiger partial charge in [-0.1, -0.05) is 12.1 Å². The minimum atomic E-state index is -4.60. The van der Waals surface area contributed by atoms with Gasteiger partial charge in [0.15, 0.2) is 0 Å². The zero-order chi connectivity index (χ0) is 27.4. The minimum absolute atomic E-state index is 0.0154. The number of hydrogen-bond acceptors (Lipinski definition) is 5. The lowest BCUT2D eigenvalue weighted by Crippen LogP contribution is -2.30. The Bertz CT molecular complexity index is 1330. The molecule has 0 aliphatic carbocycles. The highest BCUT2D eigenvalue weighted by atomic mass is 19.4. The standard InChI is InChI=1S/C28H29F3N4O3/c1-17-6-7-18(11-24(17)19-8-9-25(33-15-19)27(37)32-2)26(36)34-21-12-20(28(29,30)31)13-23(14-21)38-16-22-5-4-10-35(22)3/h6-9,11-15,22H,4-5,10,16H2,1-3H3,(H,32,37)(H,34,36)/t22-/m0/s1. The van der Waals surface area contributed by atoms with E-state index in [2.05, 4.69) is 20.5 Å². The fourth-order valence-electron chi connectivity index (χ4n) is 4.39. The number of nitrogens with one attached hydrogen (secondary N) is 2. The van der Waals surface area contributed by atoms with Crippen molar-refractivity contribution < 1.29 is 27.5 Å². The van der Waals surface area contributed by atoms with E-state index in [0.29, 0.717) is 11.1 Å². The number of alkyl halides is 3. The van der Waals surface area contributed by atoms with Crippen molar-refractivity contribution in [3.63, 3.8) is 0 Å². The van der Waals surface area contributed by atoms with E-state index >= 15 is 0 Å². The molecule has 7 nitrogen and oxygen atoms in total. The smallest absolute Gasteiger partial charge is 0.416 e. The van der Waals surface area contributed by atoms with Crippen molar-refractivity contribution in [3.05, 3.63) is 77.1 Å². The summed E-state index contributed by atoms with van der Waals surface area (Å²) in [6, 6.07) is 11.7. The lowest BCUT2D eigenvalue weighted by molar-refractivity contribution is -0.137. The molecule has 0 unspecified atom stereocenters. The molecule has 10 heteroatoms. The molecule has 1 aliphatic rings. The Labute approximate surface area is 219 Å². The third kappa shape index (κ3) is 6.31. The van der Waals surface area contributed by atoms with Gasteiger partial charge in [-0.05, 0) is 74.8 Å². The van der Waals surface area contributed by atoms with E-state index in [1.54, 1.807) is 30.3 Å². The second-order valence-corrected chi connectivity index (χ2v) is 9.33. The van der Waals surface area contributed by atoms with Gasteiger partial charge < -0.3 is 20.3 Å². The van der Waals surface area contributed by atoms with Crippen molar-refractivity contribution in [3.8, 4) is 16.9 Å². The SMILES string of the molecule is CNC(=O)c1ccc(-c2cc(C(=O)Nc3cc(OC[C@@H]4CCCN4C)cc(C(F)(F)F)c3)ccc2C)cn1. The molecule has 0 bridgehead atoms. The van der Waals surface area contributed by atoms with Crippen LogP contribution in [0, 0.1) is 6.92 Å². The monoisotopic (exact) mass is 526 g/mol. The van der Waals surface area contributed by atoms with Crippen molar-refractivity contribution in [1.29, 1.82) is 0 Å². The van der Waals surface area contributed by atoms with Gasteiger partial charge in [0.25, 0.3) is 11.8 Å². The molecular weight excluding hydrogens is 497 g/mol. The summed E-state index contributed by atoms with van der Waals surface area (Å²) < 4.78 is 46.5. The first kappa shape index (κ1) is 27.1. The molecule has 200 valence electrons. The quantitative estimate of drug-likeness (QED) is 0.444.